The second-order valence-electron chi connectivity index (χ2n) is 5.01. The van der Waals surface area contributed by atoms with E-state index in [1.54, 1.807) is 24.3 Å². The number of carbonyl (C=O) groups excluding carboxylic acids is 1. The largest absolute Gasteiger partial charge is 0.465 e. The first-order valence-corrected chi connectivity index (χ1v) is 8.52. The number of aromatic nitrogens is 2. The summed E-state index contributed by atoms with van der Waals surface area (Å²) < 4.78 is 31.4. The molecule has 3 aromatic rings. The molecule has 1 aromatic carbocycles. The zero-order chi connectivity index (χ0) is 17.3. The van der Waals surface area contributed by atoms with Crippen LogP contribution in [0.2, 0.25) is 0 Å². The highest BCUT2D eigenvalue weighted by Crippen LogP contribution is 2.25. The molecule has 2 aromatic heterocycles. The molecule has 0 aliphatic carbocycles. The van der Waals surface area contributed by atoms with Crippen LogP contribution in [0.15, 0.2) is 53.7 Å². The molecule has 0 saturated carbocycles. The molecule has 2 heterocycles. The quantitative estimate of drug-likeness (QED) is 0.719. The molecule has 24 heavy (non-hydrogen) atoms. The minimum atomic E-state index is -3.79. The van der Waals surface area contributed by atoms with E-state index in [2.05, 4.69) is 4.98 Å². The number of carbonyl (C=O) groups is 1. The summed E-state index contributed by atoms with van der Waals surface area (Å²) >= 11 is 0. The molecule has 0 aliphatic heterocycles. The third kappa shape index (κ3) is 2.45. The van der Waals surface area contributed by atoms with Crippen molar-refractivity contribution in [3.63, 3.8) is 0 Å². The van der Waals surface area contributed by atoms with Gasteiger partial charge in [-0.05, 0) is 23.8 Å². The van der Waals surface area contributed by atoms with Gasteiger partial charge in [-0.2, -0.15) is 0 Å². The third-order valence-corrected chi connectivity index (χ3v) is 5.38. The molecule has 0 unspecified atom stereocenters. The molecule has 2 N–H and O–H groups in total. The molecule has 0 spiro atoms. The Kier molecular flexibility index (Phi) is 4.08. The highest BCUT2D eigenvalue weighted by atomic mass is 32.2. The van der Waals surface area contributed by atoms with E-state index >= 15 is 0 Å². The normalized spacial score (nSPS) is 11.6. The summed E-state index contributed by atoms with van der Waals surface area (Å²) in [6.07, 6.45) is 2.69. The molecule has 0 aliphatic rings. The van der Waals surface area contributed by atoms with Crippen molar-refractivity contribution in [3.8, 4) is 0 Å². The number of fused-ring (bicyclic) bond motifs is 1. The maximum absolute atomic E-state index is 12.8. The first kappa shape index (κ1) is 16.2. The summed E-state index contributed by atoms with van der Waals surface area (Å²) in [5.74, 6) is -0.566. The molecule has 124 valence electrons. The number of nitrogens with zero attached hydrogens (tertiary/aromatic N) is 2. The lowest BCUT2D eigenvalue weighted by Gasteiger charge is -2.09. The van der Waals surface area contributed by atoms with Gasteiger partial charge in [-0.1, -0.05) is 18.2 Å². The Morgan fingerprint density at radius 1 is 1.25 bits per heavy atom. The second kappa shape index (κ2) is 6.06. The predicted octanol–water partition coefficient (Wildman–Crippen LogP) is 1.52. The summed E-state index contributed by atoms with van der Waals surface area (Å²) in [7, 11) is -2.53. The van der Waals surface area contributed by atoms with Crippen LogP contribution in [0.25, 0.3) is 11.0 Å². The van der Waals surface area contributed by atoms with Crippen LogP contribution in [0.3, 0.4) is 0 Å². The van der Waals surface area contributed by atoms with Crippen molar-refractivity contribution in [2.75, 3.05) is 7.11 Å². The van der Waals surface area contributed by atoms with E-state index in [1.807, 2.05) is 0 Å². The van der Waals surface area contributed by atoms with Crippen molar-refractivity contribution in [1.82, 2.24) is 8.96 Å². The van der Waals surface area contributed by atoms with Gasteiger partial charge in [-0.15, -0.1) is 0 Å². The SMILES string of the molecule is COC(=O)c1cnc2c(ccn2S(=O)(=O)c2ccccc2)c1CN. The number of hydrogen-bond acceptors (Lipinski definition) is 6. The van der Waals surface area contributed by atoms with Crippen molar-refractivity contribution >= 4 is 27.0 Å². The van der Waals surface area contributed by atoms with Gasteiger partial charge >= 0.3 is 5.97 Å². The van der Waals surface area contributed by atoms with Crippen LogP contribution in [0.4, 0.5) is 0 Å². The number of benzene rings is 1. The molecule has 0 fully saturated rings. The fourth-order valence-corrected chi connectivity index (χ4v) is 3.84. The Balaban J connectivity index is 2.25. The smallest absolute Gasteiger partial charge is 0.339 e. The van der Waals surface area contributed by atoms with Gasteiger partial charge < -0.3 is 10.5 Å². The van der Waals surface area contributed by atoms with Gasteiger partial charge in [0.1, 0.15) is 0 Å². The van der Waals surface area contributed by atoms with Crippen LogP contribution in [-0.2, 0) is 21.3 Å². The Bertz CT molecular complexity index is 1010. The van der Waals surface area contributed by atoms with E-state index in [0.29, 0.717) is 10.9 Å². The average molecular weight is 345 g/mol. The van der Waals surface area contributed by atoms with E-state index in [-0.39, 0.29) is 22.7 Å². The second-order valence-corrected chi connectivity index (χ2v) is 6.83. The topological polar surface area (TPSA) is 104 Å². The van der Waals surface area contributed by atoms with E-state index in [4.69, 9.17) is 10.5 Å². The number of pyridine rings is 1. The minimum absolute atomic E-state index is 0.0544. The van der Waals surface area contributed by atoms with E-state index in [9.17, 15) is 13.2 Å². The molecular formula is C16H15N3O4S. The highest BCUT2D eigenvalue weighted by Gasteiger charge is 2.22. The lowest BCUT2D eigenvalue weighted by molar-refractivity contribution is 0.0599. The van der Waals surface area contributed by atoms with Crippen molar-refractivity contribution in [2.24, 2.45) is 5.73 Å². The van der Waals surface area contributed by atoms with Gasteiger partial charge in [0.05, 0.1) is 17.6 Å². The molecule has 0 amide bonds. The molecule has 8 heteroatoms. The first-order valence-electron chi connectivity index (χ1n) is 7.08. The van der Waals surface area contributed by atoms with Crippen LogP contribution < -0.4 is 5.73 Å². The van der Waals surface area contributed by atoms with Crippen LogP contribution >= 0.6 is 0 Å². The van der Waals surface area contributed by atoms with E-state index in [0.717, 1.165) is 3.97 Å². The van der Waals surface area contributed by atoms with Crippen molar-refractivity contribution in [2.45, 2.75) is 11.4 Å². The van der Waals surface area contributed by atoms with Crippen LogP contribution in [0.5, 0.6) is 0 Å². The van der Waals surface area contributed by atoms with Crippen molar-refractivity contribution in [3.05, 3.63) is 59.9 Å². The summed E-state index contributed by atoms with van der Waals surface area (Å²) in [4.78, 5) is 16.1. The zero-order valence-corrected chi connectivity index (χ0v) is 13.7. The number of rotatable bonds is 4. The van der Waals surface area contributed by atoms with Gasteiger partial charge in [0, 0.05) is 24.3 Å². The standard InChI is InChI=1S/C16H15N3O4S/c1-23-16(20)14-10-18-15-12(13(14)9-17)7-8-19(15)24(21,22)11-5-3-2-4-6-11/h2-8,10H,9,17H2,1H3. The fraction of sp³-hybridized carbons (Fsp3) is 0.125. The molecule has 0 saturated heterocycles. The van der Waals surface area contributed by atoms with Crippen molar-refractivity contribution < 1.29 is 17.9 Å². The van der Waals surface area contributed by atoms with Crippen molar-refractivity contribution in [1.29, 1.82) is 0 Å². The Morgan fingerprint density at radius 3 is 2.58 bits per heavy atom. The van der Waals surface area contributed by atoms with Crippen LogP contribution in [0, 0.1) is 0 Å². The summed E-state index contributed by atoms with van der Waals surface area (Å²) in [6.45, 7) is 0.0544. The maximum Gasteiger partial charge on any atom is 0.339 e. The monoisotopic (exact) mass is 345 g/mol. The lowest BCUT2D eigenvalue weighted by atomic mass is 10.1. The van der Waals surface area contributed by atoms with Gasteiger partial charge in [0.2, 0.25) is 0 Å². The van der Waals surface area contributed by atoms with Gasteiger partial charge in [0.25, 0.3) is 10.0 Å². The molecular weight excluding hydrogens is 330 g/mol. The van der Waals surface area contributed by atoms with Crippen LogP contribution in [-0.4, -0.2) is 30.5 Å². The minimum Gasteiger partial charge on any atom is -0.465 e. The zero-order valence-electron chi connectivity index (χ0n) is 12.8. The van der Waals surface area contributed by atoms with E-state index < -0.39 is 16.0 Å². The Morgan fingerprint density at radius 2 is 1.96 bits per heavy atom. The van der Waals surface area contributed by atoms with E-state index in [1.165, 1.54) is 31.6 Å². The summed E-state index contributed by atoms with van der Waals surface area (Å²) in [6, 6.07) is 9.62. The number of esters is 1. The lowest BCUT2D eigenvalue weighted by Crippen LogP contribution is -2.14. The van der Waals surface area contributed by atoms with Gasteiger partial charge in [-0.3, -0.25) is 0 Å². The third-order valence-electron chi connectivity index (χ3n) is 3.70. The van der Waals surface area contributed by atoms with Gasteiger partial charge in [-0.25, -0.2) is 22.2 Å². The molecule has 0 atom stereocenters. The summed E-state index contributed by atoms with van der Waals surface area (Å²) in [5, 5.41) is 0.500. The number of ether oxygens (including phenoxy) is 1. The Labute approximate surface area is 138 Å². The molecule has 0 radical (unpaired) electrons. The Hall–Kier alpha value is -2.71. The highest BCUT2D eigenvalue weighted by molar-refractivity contribution is 7.90. The first-order chi connectivity index (χ1) is 11.5. The predicted molar refractivity (Wildman–Crippen MR) is 88.0 cm³/mol. The number of nitrogens with two attached hydrogens (primary N) is 1. The van der Waals surface area contributed by atoms with Gasteiger partial charge in [0.15, 0.2) is 5.65 Å². The summed E-state index contributed by atoms with van der Waals surface area (Å²) in [5.41, 5.74) is 6.68. The molecule has 0 bridgehead atoms. The average Bonchev–Trinajstić information content (AvgIpc) is 3.05. The molecule has 7 nitrogen and oxygen atoms in total. The molecule has 3 rings (SSSR count). The number of hydrogen-bond donors (Lipinski definition) is 1. The maximum atomic E-state index is 12.8. The van der Waals surface area contributed by atoms with Crippen LogP contribution in [0.1, 0.15) is 15.9 Å². The fourth-order valence-electron chi connectivity index (χ4n) is 2.52. The number of methoxy groups -OCH3 is 1.